The van der Waals surface area contributed by atoms with Gasteiger partial charge in [0, 0.05) is 19.5 Å². The minimum atomic E-state index is -0.668. The number of unbranched alkanes of at least 4 members (excludes halogenated alkanes) is 6. The Bertz CT molecular complexity index is 284. The monoisotopic (exact) mass is 251 g/mol. The van der Waals surface area contributed by atoms with E-state index in [0.717, 1.165) is 25.9 Å². The number of carboxylic acid groups (broad SMARTS) is 1. The Balaban J connectivity index is 1.80. The van der Waals surface area contributed by atoms with E-state index in [0.29, 0.717) is 6.42 Å². The molecule has 0 unspecified atom stereocenters. The minimum Gasteiger partial charge on any atom is -0.481 e. The van der Waals surface area contributed by atoms with Crippen LogP contribution in [0.25, 0.3) is 0 Å². The SMILES string of the molecule is O=C(O)CCCCCCCCCN1C=CC=CC1. The van der Waals surface area contributed by atoms with Crippen molar-refractivity contribution in [1.82, 2.24) is 4.90 Å². The van der Waals surface area contributed by atoms with Gasteiger partial charge in [-0.3, -0.25) is 4.79 Å². The molecular formula is C15H25NO2. The number of rotatable bonds is 10. The van der Waals surface area contributed by atoms with E-state index in [1.165, 1.54) is 32.1 Å². The third kappa shape index (κ3) is 7.93. The molecular weight excluding hydrogens is 226 g/mol. The number of hydrogen-bond acceptors (Lipinski definition) is 2. The molecule has 1 aliphatic heterocycles. The fraction of sp³-hybridized carbons (Fsp3) is 0.667. The molecule has 0 aliphatic carbocycles. The van der Waals surface area contributed by atoms with E-state index in [1.54, 1.807) is 0 Å². The van der Waals surface area contributed by atoms with Crippen LogP contribution in [0.3, 0.4) is 0 Å². The summed E-state index contributed by atoms with van der Waals surface area (Å²) in [4.78, 5) is 12.6. The summed E-state index contributed by atoms with van der Waals surface area (Å²) in [6.07, 6.45) is 17.0. The lowest BCUT2D eigenvalue weighted by atomic mass is 10.1. The van der Waals surface area contributed by atoms with Crippen LogP contribution in [0.2, 0.25) is 0 Å². The van der Waals surface area contributed by atoms with Crippen molar-refractivity contribution in [3.05, 3.63) is 24.4 Å². The van der Waals surface area contributed by atoms with Gasteiger partial charge >= 0.3 is 5.97 Å². The number of hydrogen-bond donors (Lipinski definition) is 1. The lowest BCUT2D eigenvalue weighted by molar-refractivity contribution is -0.137. The van der Waals surface area contributed by atoms with Crippen LogP contribution < -0.4 is 0 Å². The Morgan fingerprint density at radius 1 is 1.00 bits per heavy atom. The van der Waals surface area contributed by atoms with Crippen molar-refractivity contribution in [3.8, 4) is 0 Å². The summed E-state index contributed by atoms with van der Waals surface area (Å²) in [6, 6.07) is 0. The van der Waals surface area contributed by atoms with Crippen LogP contribution in [0, 0.1) is 0 Å². The maximum absolute atomic E-state index is 10.3. The summed E-state index contributed by atoms with van der Waals surface area (Å²) >= 11 is 0. The summed E-state index contributed by atoms with van der Waals surface area (Å²) < 4.78 is 0. The van der Waals surface area contributed by atoms with Crippen LogP contribution in [0.5, 0.6) is 0 Å². The van der Waals surface area contributed by atoms with Crippen molar-refractivity contribution in [2.45, 2.75) is 51.4 Å². The first-order valence-electron chi connectivity index (χ1n) is 7.08. The van der Waals surface area contributed by atoms with Gasteiger partial charge in [-0.2, -0.15) is 0 Å². The molecule has 1 aliphatic rings. The van der Waals surface area contributed by atoms with E-state index >= 15 is 0 Å². The van der Waals surface area contributed by atoms with Gasteiger partial charge in [-0.25, -0.2) is 0 Å². The zero-order valence-corrected chi connectivity index (χ0v) is 11.2. The highest BCUT2D eigenvalue weighted by molar-refractivity contribution is 5.66. The highest BCUT2D eigenvalue weighted by Gasteiger charge is 1.99. The zero-order chi connectivity index (χ0) is 13.1. The summed E-state index contributed by atoms with van der Waals surface area (Å²) in [5.41, 5.74) is 0. The molecule has 0 amide bonds. The zero-order valence-electron chi connectivity index (χ0n) is 11.2. The molecule has 1 N–H and O–H groups in total. The quantitative estimate of drug-likeness (QED) is 0.603. The molecule has 0 radical (unpaired) electrons. The van der Waals surface area contributed by atoms with Crippen molar-refractivity contribution >= 4 is 5.97 Å². The van der Waals surface area contributed by atoms with Gasteiger partial charge in [0.05, 0.1) is 0 Å². The second-order valence-electron chi connectivity index (χ2n) is 4.88. The van der Waals surface area contributed by atoms with E-state index < -0.39 is 5.97 Å². The highest BCUT2D eigenvalue weighted by Crippen LogP contribution is 2.09. The first-order valence-corrected chi connectivity index (χ1v) is 7.08. The van der Waals surface area contributed by atoms with Gasteiger partial charge in [0.25, 0.3) is 0 Å². The Labute approximate surface area is 110 Å². The number of aliphatic carboxylic acids is 1. The Hall–Kier alpha value is -1.25. The average Bonchev–Trinajstić information content (AvgIpc) is 2.37. The van der Waals surface area contributed by atoms with Gasteiger partial charge in [0.2, 0.25) is 0 Å². The summed E-state index contributed by atoms with van der Waals surface area (Å²) in [5, 5.41) is 8.50. The second-order valence-corrected chi connectivity index (χ2v) is 4.88. The summed E-state index contributed by atoms with van der Waals surface area (Å²) in [5.74, 6) is -0.668. The predicted molar refractivity (Wildman–Crippen MR) is 74.4 cm³/mol. The molecule has 1 heterocycles. The van der Waals surface area contributed by atoms with Crippen LogP contribution in [-0.2, 0) is 4.79 Å². The maximum atomic E-state index is 10.3. The maximum Gasteiger partial charge on any atom is 0.303 e. The molecule has 3 heteroatoms. The van der Waals surface area contributed by atoms with Crippen molar-refractivity contribution in [1.29, 1.82) is 0 Å². The smallest absolute Gasteiger partial charge is 0.303 e. The molecule has 0 saturated carbocycles. The van der Waals surface area contributed by atoms with Gasteiger partial charge in [-0.05, 0) is 25.1 Å². The molecule has 0 aromatic carbocycles. The van der Waals surface area contributed by atoms with Crippen molar-refractivity contribution < 1.29 is 9.90 Å². The van der Waals surface area contributed by atoms with Crippen molar-refractivity contribution in [2.75, 3.05) is 13.1 Å². The third-order valence-electron chi connectivity index (χ3n) is 3.22. The molecule has 102 valence electrons. The minimum absolute atomic E-state index is 0.328. The number of nitrogens with zero attached hydrogens (tertiary/aromatic N) is 1. The third-order valence-corrected chi connectivity index (χ3v) is 3.22. The van der Waals surface area contributed by atoms with Crippen molar-refractivity contribution in [2.24, 2.45) is 0 Å². The molecule has 0 aromatic heterocycles. The number of carbonyl (C=O) groups is 1. The molecule has 18 heavy (non-hydrogen) atoms. The number of allylic oxidation sites excluding steroid dienone is 2. The van der Waals surface area contributed by atoms with Gasteiger partial charge in [-0.15, -0.1) is 0 Å². The molecule has 1 rings (SSSR count). The Morgan fingerprint density at radius 2 is 1.67 bits per heavy atom. The van der Waals surface area contributed by atoms with Crippen LogP contribution in [0.1, 0.15) is 51.4 Å². The van der Waals surface area contributed by atoms with E-state index in [2.05, 4.69) is 29.3 Å². The van der Waals surface area contributed by atoms with Crippen molar-refractivity contribution in [3.63, 3.8) is 0 Å². The molecule has 0 bridgehead atoms. The summed E-state index contributed by atoms with van der Waals surface area (Å²) in [6.45, 7) is 2.20. The summed E-state index contributed by atoms with van der Waals surface area (Å²) in [7, 11) is 0. The standard InChI is InChI=1S/C15H25NO2/c17-15(18)11-7-4-2-1-3-5-8-12-16-13-9-6-10-14-16/h6,9-10,13H,1-5,7-8,11-12,14H2,(H,17,18). The van der Waals surface area contributed by atoms with E-state index in [-0.39, 0.29) is 0 Å². The first-order chi connectivity index (χ1) is 8.79. The molecule has 0 fully saturated rings. The lowest BCUT2D eigenvalue weighted by Gasteiger charge is -2.20. The topological polar surface area (TPSA) is 40.5 Å². The van der Waals surface area contributed by atoms with Gasteiger partial charge in [0.1, 0.15) is 0 Å². The number of carboxylic acids is 1. The van der Waals surface area contributed by atoms with Crippen LogP contribution in [0.15, 0.2) is 24.4 Å². The highest BCUT2D eigenvalue weighted by atomic mass is 16.4. The Kier molecular flexibility index (Phi) is 8.02. The fourth-order valence-electron chi connectivity index (χ4n) is 2.15. The van der Waals surface area contributed by atoms with Crippen LogP contribution in [-0.4, -0.2) is 29.1 Å². The van der Waals surface area contributed by atoms with E-state index in [1.807, 2.05) is 0 Å². The normalized spacial score (nSPS) is 14.1. The molecule has 0 spiro atoms. The largest absolute Gasteiger partial charge is 0.481 e. The average molecular weight is 251 g/mol. The molecule has 0 atom stereocenters. The lowest BCUT2D eigenvalue weighted by Crippen LogP contribution is -2.19. The van der Waals surface area contributed by atoms with Crippen LogP contribution in [0.4, 0.5) is 0 Å². The molecule has 3 nitrogen and oxygen atoms in total. The Morgan fingerprint density at radius 3 is 2.28 bits per heavy atom. The van der Waals surface area contributed by atoms with Gasteiger partial charge in [0.15, 0.2) is 0 Å². The van der Waals surface area contributed by atoms with Gasteiger partial charge < -0.3 is 10.0 Å². The predicted octanol–water partition coefficient (Wildman–Crippen LogP) is 3.58. The molecule has 0 aromatic rings. The first kappa shape index (κ1) is 14.8. The van der Waals surface area contributed by atoms with Crippen LogP contribution >= 0.6 is 0 Å². The molecule has 0 saturated heterocycles. The fourth-order valence-corrected chi connectivity index (χ4v) is 2.15. The van der Waals surface area contributed by atoms with E-state index in [4.69, 9.17) is 5.11 Å². The van der Waals surface area contributed by atoms with Gasteiger partial charge in [-0.1, -0.05) is 44.3 Å². The second kappa shape index (κ2) is 9.75. The van der Waals surface area contributed by atoms with E-state index in [9.17, 15) is 4.79 Å².